The number of nitrogens with zero attached hydrogens (tertiary/aromatic N) is 1. The Morgan fingerprint density at radius 2 is 1.56 bits per heavy atom. The zero-order chi connectivity index (χ0) is 22.9. The van der Waals surface area contributed by atoms with Gasteiger partial charge in [-0.15, -0.1) is 0 Å². The Kier molecular flexibility index (Phi) is 6.31. The molecule has 0 spiro atoms. The predicted molar refractivity (Wildman–Crippen MR) is 130 cm³/mol. The molecule has 6 heteroatoms. The highest BCUT2D eigenvalue weighted by Crippen LogP contribution is 2.29. The summed E-state index contributed by atoms with van der Waals surface area (Å²) in [6.45, 7) is 6.28. The first-order chi connectivity index (χ1) is 15.3. The summed E-state index contributed by atoms with van der Waals surface area (Å²) in [4.78, 5) is 0.323. The van der Waals surface area contributed by atoms with Gasteiger partial charge in [-0.25, -0.2) is 12.4 Å². The average molecular weight is 468 g/mol. The normalized spacial score (nSPS) is 11.8. The molecule has 32 heavy (non-hydrogen) atoms. The molecule has 166 valence electrons. The fourth-order valence-electron chi connectivity index (χ4n) is 4.01. The number of hydrogen-bond acceptors (Lipinski definition) is 3. The first-order valence-corrected chi connectivity index (χ1v) is 12.4. The molecule has 0 aliphatic carbocycles. The number of ether oxygens (including phenoxy) is 1. The van der Waals surface area contributed by atoms with Crippen LogP contribution in [0.3, 0.4) is 0 Å². The molecule has 0 bridgehead atoms. The van der Waals surface area contributed by atoms with Crippen molar-refractivity contribution in [3.05, 3.63) is 94.1 Å². The molecule has 0 N–H and O–H groups in total. The standard InChI is InChI=1S/C26H26ClNO3S/c1-18-9-4-7-13-25(18)32(29,30)28-17-21(23-11-5-6-12-24(23)28)10-8-14-31-22-15-19(2)26(27)20(3)16-22/h4-7,9,11-13,15-17H,8,10,14H2,1-3H3. The van der Waals surface area contributed by atoms with Crippen LogP contribution in [0.5, 0.6) is 5.75 Å². The smallest absolute Gasteiger partial charge is 0.268 e. The van der Waals surface area contributed by atoms with Crippen LogP contribution in [-0.4, -0.2) is 19.0 Å². The summed E-state index contributed by atoms with van der Waals surface area (Å²) in [5.74, 6) is 0.800. The molecular formula is C26H26ClNO3S. The average Bonchev–Trinajstić information content (AvgIpc) is 3.15. The van der Waals surface area contributed by atoms with Crippen molar-refractivity contribution in [2.75, 3.05) is 6.61 Å². The van der Waals surface area contributed by atoms with E-state index >= 15 is 0 Å². The highest BCUT2D eigenvalue weighted by molar-refractivity contribution is 7.90. The summed E-state index contributed by atoms with van der Waals surface area (Å²) >= 11 is 6.23. The fraction of sp³-hybridized carbons (Fsp3) is 0.231. The lowest BCUT2D eigenvalue weighted by atomic mass is 10.1. The molecule has 0 unspecified atom stereocenters. The molecular weight excluding hydrogens is 442 g/mol. The predicted octanol–water partition coefficient (Wildman–Crippen LogP) is 6.47. The van der Waals surface area contributed by atoms with Gasteiger partial charge in [-0.1, -0.05) is 48.0 Å². The maximum absolute atomic E-state index is 13.4. The lowest BCUT2D eigenvalue weighted by Gasteiger charge is -2.10. The molecule has 0 amide bonds. The van der Waals surface area contributed by atoms with Gasteiger partial charge in [0.15, 0.2) is 0 Å². The van der Waals surface area contributed by atoms with Crippen molar-refractivity contribution in [2.45, 2.75) is 38.5 Å². The molecule has 0 atom stereocenters. The first kappa shape index (κ1) is 22.4. The number of benzene rings is 3. The maximum Gasteiger partial charge on any atom is 0.268 e. The van der Waals surface area contributed by atoms with E-state index < -0.39 is 10.0 Å². The van der Waals surface area contributed by atoms with Crippen LogP contribution in [0.15, 0.2) is 71.8 Å². The van der Waals surface area contributed by atoms with Crippen molar-refractivity contribution in [3.8, 4) is 5.75 Å². The van der Waals surface area contributed by atoms with Crippen molar-refractivity contribution >= 4 is 32.5 Å². The van der Waals surface area contributed by atoms with Crippen LogP contribution in [0.25, 0.3) is 10.9 Å². The van der Waals surface area contributed by atoms with Crippen molar-refractivity contribution in [2.24, 2.45) is 0 Å². The fourth-order valence-corrected chi connectivity index (χ4v) is 5.74. The third-order valence-corrected chi connectivity index (χ3v) is 8.09. The Morgan fingerprint density at radius 3 is 2.28 bits per heavy atom. The molecule has 0 aliphatic rings. The zero-order valence-electron chi connectivity index (χ0n) is 18.4. The van der Waals surface area contributed by atoms with Gasteiger partial charge in [0, 0.05) is 16.6 Å². The minimum absolute atomic E-state index is 0.323. The summed E-state index contributed by atoms with van der Waals surface area (Å²) in [6.07, 6.45) is 3.23. The lowest BCUT2D eigenvalue weighted by molar-refractivity contribution is 0.311. The third kappa shape index (κ3) is 4.27. The highest BCUT2D eigenvalue weighted by atomic mass is 35.5. The van der Waals surface area contributed by atoms with E-state index in [-0.39, 0.29) is 0 Å². The monoisotopic (exact) mass is 467 g/mol. The number of aryl methyl sites for hydroxylation is 4. The van der Waals surface area contributed by atoms with Crippen molar-refractivity contribution in [1.82, 2.24) is 3.97 Å². The number of hydrogen-bond donors (Lipinski definition) is 0. The first-order valence-electron chi connectivity index (χ1n) is 10.6. The summed E-state index contributed by atoms with van der Waals surface area (Å²) in [6, 6.07) is 18.6. The molecule has 0 fully saturated rings. The summed E-state index contributed by atoms with van der Waals surface area (Å²) in [5.41, 5.74) is 4.39. The largest absolute Gasteiger partial charge is 0.494 e. The van der Waals surface area contributed by atoms with E-state index in [4.69, 9.17) is 16.3 Å². The van der Waals surface area contributed by atoms with E-state index in [1.165, 1.54) is 3.97 Å². The summed E-state index contributed by atoms with van der Waals surface area (Å²) < 4.78 is 34.2. The second kappa shape index (κ2) is 9.00. The quantitative estimate of drug-likeness (QED) is 0.293. The van der Waals surface area contributed by atoms with Crippen molar-refractivity contribution < 1.29 is 13.2 Å². The Morgan fingerprint density at radius 1 is 0.906 bits per heavy atom. The number of halogens is 1. The van der Waals surface area contributed by atoms with Gasteiger partial charge < -0.3 is 4.74 Å². The van der Waals surface area contributed by atoms with Crippen LogP contribution in [0.2, 0.25) is 5.02 Å². The van der Waals surface area contributed by atoms with E-state index in [9.17, 15) is 8.42 Å². The van der Waals surface area contributed by atoms with E-state index in [1.807, 2.05) is 69.3 Å². The van der Waals surface area contributed by atoms with E-state index in [2.05, 4.69) is 0 Å². The van der Waals surface area contributed by atoms with Gasteiger partial charge in [0.05, 0.1) is 17.0 Å². The Bertz CT molecular complexity index is 1370. The van der Waals surface area contributed by atoms with Gasteiger partial charge in [-0.05, 0) is 80.1 Å². The maximum atomic E-state index is 13.4. The molecule has 3 aromatic carbocycles. The summed E-state index contributed by atoms with van der Waals surface area (Å²) in [5, 5.41) is 1.71. The van der Waals surface area contributed by atoms with Crippen LogP contribution < -0.4 is 4.74 Å². The SMILES string of the molecule is Cc1ccccc1S(=O)(=O)n1cc(CCCOc2cc(C)c(Cl)c(C)c2)c2ccccc21. The Balaban J connectivity index is 1.57. The second-order valence-corrected chi connectivity index (χ2v) is 10.2. The molecule has 1 heterocycles. The van der Waals surface area contributed by atoms with E-state index in [1.54, 1.807) is 18.3 Å². The van der Waals surface area contributed by atoms with Crippen molar-refractivity contribution in [1.29, 1.82) is 0 Å². The molecule has 4 rings (SSSR count). The van der Waals surface area contributed by atoms with Gasteiger partial charge in [0.2, 0.25) is 0 Å². The Hall–Kier alpha value is -2.76. The zero-order valence-corrected chi connectivity index (χ0v) is 20.0. The van der Waals surface area contributed by atoms with Gasteiger partial charge in [0.1, 0.15) is 5.75 Å². The van der Waals surface area contributed by atoms with E-state index in [0.717, 1.165) is 44.8 Å². The molecule has 0 aliphatic heterocycles. The lowest BCUT2D eigenvalue weighted by Crippen LogP contribution is -2.13. The second-order valence-electron chi connectivity index (χ2n) is 8.06. The number of para-hydroxylation sites is 1. The highest BCUT2D eigenvalue weighted by Gasteiger charge is 2.22. The molecule has 4 nitrogen and oxygen atoms in total. The molecule has 4 aromatic rings. The van der Waals surface area contributed by atoms with Crippen LogP contribution in [0.4, 0.5) is 0 Å². The van der Waals surface area contributed by atoms with E-state index in [0.29, 0.717) is 23.4 Å². The molecule has 1 aromatic heterocycles. The topological polar surface area (TPSA) is 48.3 Å². The van der Waals surface area contributed by atoms with Crippen molar-refractivity contribution in [3.63, 3.8) is 0 Å². The minimum Gasteiger partial charge on any atom is -0.494 e. The number of fused-ring (bicyclic) bond motifs is 1. The minimum atomic E-state index is -3.69. The number of rotatable bonds is 7. The molecule has 0 saturated carbocycles. The molecule has 0 radical (unpaired) electrons. The number of aromatic nitrogens is 1. The van der Waals surface area contributed by atoms with Gasteiger partial charge >= 0.3 is 0 Å². The van der Waals surface area contributed by atoms with Gasteiger partial charge in [-0.2, -0.15) is 0 Å². The van der Waals surface area contributed by atoms with Gasteiger partial charge in [-0.3, -0.25) is 0 Å². The third-order valence-electron chi connectivity index (χ3n) is 5.66. The van der Waals surface area contributed by atoms with Gasteiger partial charge in [0.25, 0.3) is 10.0 Å². The van der Waals surface area contributed by atoms with Crippen LogP contribution in [-0.2, 0) is 16.4 Å². The van der Waals surface area contributed by atoms with Crippen LogP contribution in [0, 0.1) is 20.8 Å². The van der Waals surface area contributed by atoms with Crippen LogP contribution >= 0.6 is 11.6 Å². The Labute approximate surface area is 194 Å². The van der Waals surface area contributed by atoms with Crippen LogP contribution in [0.1, 0.15) is 28.7 Å². The molecule has 0 saturated heterocycles. The summed E-state index contributed by atoms with van der Waals surface area (Å²) in [7, 11) is -3.69.